The Morgan fingerprint density at radius 2 is 1.06 bits per heavy atom. The molecule has 0 heterocycles. The van der Waals surface area contributed by atoms with Crippen molar-refractivity contribution in [2.75, 3.05) is 19.6 Å². The van der Waals surface area contributed by atoms with Crippen molar-refractivity contribution in [3.8, 4) is 0 Å². The molecule has 0 aromatic heterocycles. The Kier molecular flexibility index (Phi) is 22.2. The number of hydrogen-bond donors (Lipinski definition) is 10. The van der Waals surface area contributed by atoms with Crippen LogP contribution in [0.25, 0.3) is 0 Å². The van der Waals surface area contributed by atoms with Crippen molar-refractivity contribution in [2.45, 2.75) is 123 Å². The summed E-state index contributed by atoms with van der Waals surface area (Å²) in [6.45, 7) is 11.4. The molecule has 15 N–H and O–H groups in total. The maximum atomic E-state index is 13.7. The molecule has 0 saturated heterocycles. The predicted molar refractivity (Wildman–Crippen MR) is 189 cm³/mol. The lowest BCUT2D eigenvalue weighted by molar-refractivity contribution is -0.135. The highest BCUT2D eigenvalue weighted by Crippen LogP contribution is 2.12. The lowest BCUT2D eigenvalue weighted by Gasteiger charge is -2.28. The van der Waals surface area contributed by atoms with Gasteiger partial charge in [0.25, 0.3) is 0 Å². The Hall–Kier alpha value is -3.99. The van der Waals surface area contributed by atoms with Gasteiger partial charge in [-0.2, -0.15) is 0 Å². The zero-order valence-electron chi connectivity index (χ0n) is 30.2. The molecule has 0 aromatic rings. The first-order chi connectivity index (χ1) is 23.0. The van der Waals surface area contributed by atoms with Gasteiger partial charge in [-0.15, -0.1) is 0 Å². The Morgan fingerprint density at radius 3 is 1.49 bits per heavy atom. The number of unbranched alkanes of at least 4 members (excludes halogenated alkanes) is 1. The van der Waals surface area contributed by atoms with E-state index in [1.807, 2.05) is 34.6 Å². The van der Waals surface area contributed by atoms with E-state index in [1.54, 1.807) is 6.92 Å². The van der Waals surface area contributed by atoms with E-state index in [0.717, 1.165) is 0 Å². The number of nitrogens with two attached hydrogens (primary N) is 5. The molecule has 6 atom stereocenters. The van der Waals surface area contributed by atoms with E-state index < -0.39 is 65.7 Å². The van der Waals surface area contributed by atoms with E-state index in [0.29, 0.717) is 38.6 Å². The van der Waals surface area contributed by atoms with Crippen molar-refractivity contribution in [1.82, 2.24) is 26.6 Å². The first kappa shape index (κ1) is 45.0. The van der Waals surface area contributed by atoms with Crippen LogP contribution in [0.15, 0.2) is 4.99 Å². The average molecular weight is 698 g/mol. The molecule has 0 spiro atoms. The van der Waals surface area contributed by atoms with Crippen LogP contribution in [-0.2, 0) is 28.8 Å². The SMILES string of the molecule is CC[C@H](C)[C@H](NC(=O)[C@H](CCCN=C(N)N)NC(=O)[C@H](CCCCN)NC(=O)[C@H](CC(C)C)NC(=O)[C@H](CC(C)C)NC(=O)CN)C(N)=O. The van der Waals surface area contributed by atoms with Crippen LogP contribution in [0, 0.1) is 17.8 Å². The summed E-state index contributed by atoms with van der Waals surface area (Å²) in [6, 6.07) is -5.13. The summed E-state index contributed by atoms with van der Waals surface area (Å²) >= 11 is 0. The quantitative estimate of drug-likeness (QED) is 0.0289. The van der Waals surface area contributed by atoms with Gasteiger partial charge in [0, 0.05) is 6.54 Å². The van der Waals surface area contributed by atoms with Gasteiger partial charge in [-0.05, 0) is 69.2 Å². The van der Waals surface area contributed by atoms with Crippen LogP contribution < -0.4 is 55.3 Å². The van der Waals surface area contributed by atoms with Crippen LogP contribution in [-0.4, -0.2) is 91.2 Å². The van der Waals surface area contributed by atoms with E-state index in [-0.39, 0.29) is 56.1 Å². The minimum Gasteiger partial charge on any atom is -0.370 e. The highest BCUT2D eigenvalue weighted by Gasteiger charge is 2.33. The summed E-state index contributed by atoms with van der Waals surface area (Å²) in [5.74, 6) is -4.02. The molecule has 282 valence electrons. The Labute approximate surface area is 290 Å². The van der Waals surface area contributed by atoms with Gasteiger partial charge >= 0.3 is 0 Å². The van der Waals surface area contributed by atoms with Crippen LogP contribution in [0.2, 0.25) is 0 Å². The Balaban J connectivity index is 6.24. The third kappa shape index (κ3) is 19.0. The molecule has 0 aromatic carbocycles. The molecule has 49 heavy (non-hydrogen) atoms. The van der Waals surface area contributed by atoms with Crippen LogP contribution in [0.1, 0.15) is 92.9 Å². The molecule has 0 aliphatic carbocycles. The number of carbonyl (C=O) groups excluding carboxylic acids is 6. The van der Waals surface area contributed by atoms with Gasteiger partial charge in [0.15, 0.2) is 5.96 Å². The molecule has 6 amide bonds. The summed E-state index contributed by atoms with van der Waals surface area (Å²) in [5, 5.41) is 13.5. The topological polar surface area (TPSA) is 305 Å². The zero-order valence-corrected chi connectivity index (χ0v) is 30.2. The molecule has 17 nitrogen and oxygen atoms in total. The molecule has 0 rings (SSSR count). The number of rotatable bonds is 25. The van der Waals surface area contributed by atoms with Gasteiger partial charge in [0.05, 0.1) is 6.54 Å². The van der Waals surface area contributed by atoms with Crippen molar-refractivity contribution in [3.63, 3.8) is 0 Å². The molecule has 0 saturated carbocycles. The van der Waals surface area contributed by atoms with Crippen molar-refractivity contribution in [3.05, 3.63) is 0 Å². The van der Waals surface area contributed by atoms with Gasteiger partial charge < -0.3 is 55.3 Å². The number of guanidine groups is 1. The second-order valence-corrected chi connectivity index (χ2v) is 13.3. The van der Waals surface area contributed by atoms with Gasteiger partial charge in [-0.3, -0.25) is 33.8 Å². The highest BCUT2D eigenvalue weighted by molar-refractivity contribution is 5.96. The number of nitrogens with one attached hydrogen (secondary N) is 5. The van der Waals surface area contributed by atoms with E-state index >= 15 is 0 Å². The van der Waals surface area contributed by atoms with Gasteiger partial charge in [-0.1, -0.05) is 48.0 Å². The minimum atomic E-state index is -1.12. The van der Waals surface area contributed by atoms with Crippen LogP contribution >= 0.6 is 0 Å². The normalized spacial score (nSPS) is 14.8. The summed E-state index contributed by atoms with van der Waals surface area (Å²) in [6.07, 6.45) is 2.80. The summed E-state index contributed by atoms with van der Waals surface area (Å²) in [5.41, 5.74) is 27.5. The lowest BCUT2D eigenvalue weighted by Crippen LogP contribution is -2.59. The number of amides is 6. The molecule has 0 fully saturated rings. The molecule has 0 unspecified atom stereocenters. The fourth-order valence-corrected chi connectivity index (χ4v) is 4.99. The third-order valence-electron chi connectivity index (χ3n) is 7.86. The van der Waals surface area contributed by atoms with E-state index in [1.165, 1.54) is 0 Å². The first-order valence-corrected chi connectivity index (χ1v) is 17.2. The maximum absolute atomic E-state index is 13.7. The maximum Gasteiger partial charge on any atom is 0.243 e. The molecule has 17 heteroatoms. The van der Waals surface area contributed by atoms with Crippen molar-refractivity contribution in [2.24, 2.45) is 51.4 Å². The largest absolute Gasteiger partial charge is 0.370 e. The first-order valence-electron chi connectivity index (χ1n) is 17.2. The summed E-state index contributed by atoms with van der Waals surface area (Å²) in [4.78, 5) is 82.3. The molecule has 0 aliphatic heterocycles. The van der Waals surface area contributed by atoms with E-state index in [2.05, 4.69) is 31.6 Å². The second-order valence-electron chi connectivity index (χ2n) is 13.3. The monoisotopic (exact) mass is 697 g/mol. The van der Waals surface area contributed by atoms with Crippen molar-refractivity contribution >= 4 is 41.4 Å². The Bertz CT molecular complexity index is 1100. The standard InChI is InChI=1S/C32H63N11O6/c1-7-20(6)26(27(35)45)43-29(47)22(12-10-14-38-32(36)37)40-28(46)21(11-8-9-13-33)41-31(49)24(16-19(4)5)42-30(48)23(15-18(2)3)39-25(44)17-34/h18-24,26H,7-17,33-34H2,1-6H3,(H2,35,45)(H,39,44)(H,40,46)(H,41,49)(H,42,48)(H,43,47)(H4,36,37,38)/t20-,21-,22-,23-,24-,26-/m0/s1. The molecular weight excluding hydrogens is 634 g/mol. The average Bonchev–Trinajstić information content (AvgIpc) is 3.02. The smallest absolute Gasteiger partial charge is 0.243 e. The predicted octanol–water partition coefficient (Wildman–Crippen LogP) is -1.82. The van der Waals surface area contributed by atoms with E-state index in [9.17, 15) is 28.8 Å². The Morgan fingerprint density at radius 1 is 0.612 bits per heavy atom. The van der Waals surface area contributed by atoms with Gasteiger partial charge in [0.2, 0.25) is 35.4 Å². The van der Waals surface area contributed by atoms with Crippen molar-refractivity contribution < 1.29 is 28.8 Å². The van der Waals surface area contributed by atoms with Crippen LogP contribution in [0.3, 0.4) is 0 Å². The number of carbonyl (C=O) groups is 6. The molecule has 0 bridgehead atoms. The highest BCUT2D eigenvalue weighted by atomic mass is 16.2. The fourth-order valence-electron chi connectivity index (χ4n) is 4.99. The minimum absolute atomic E-state index is 0.0234. The number of nitrogens with zero attached hydrogens (tertiary/aromatic N) is 1. The number of aliphatic imine (C=N–C) groups is 1. The number of primary amides is 1. The zero-order chi connectivity index (χ0) is 37.7. The lowest BCUT2D eigenvalue weighted by atomic mass is 9.97. The summed E-state index contributed by atoms with van der Waals surface area (Å²) < 4.78 is 0. The second kappa shape index (κ2) is 24.2. The van der Waals surface area contributed by atoms with Gasteiger partial charge in [0.1, 0.15) is 30.2 Å². The molecule has 0 aliphatic rings. The fraction of sp³-hybridized carbons (Fsp3) is 0.781. The van der Waals surface area contributed by atoms with Crippen LogP contribution in [0.4, 0.5) is 0 Å². The molecule has 0 radical (unpaired) electrons. The molecular formula is C32H63N11O6. The summed E-state index contributed by atoms with van der Waals surface area (Å²) in [7, 11) is 0. The van der Waals surface area contributed by atoms with Crippen molar-refractivity contribution in [1.29, 1.82) is 0 Å². The van der Waals surface area contributed by atoms with Gasteiger partial charge in [-0.25, -0.2) is 0 Å². The van der Waals surface area contributed by atoms with E-state index in [4.69, 9.17) is 28.7 Å². The number of hydrogen-bond acceptors (Lipinski definition) is 9. The third-order valence-corrected chi connectivity index (χ3v) is 7.86. The van der Waals surface area contributed by atoms with Crippen LogP contribution in [0.5, 0.6) is 0 Å².